The second kappa shape index (κ2) is 5.30. The largest absolute Gasteiger partial charge is 0.238 e. The van der Waals surface area contributed by atoms with Gasteiger partial charge in [-0.2, -0.15) is 0 Å². The SMILES string of the molecule is CCS(CC)(CC)CC1=CCc2ccccc21. The van der Waals surface area contributed by atoms with Gasteiger partial charge >= 0.3 is 0 Å². The summed E-state index contributed by atoms with van der Waals surface area (Å²) in [5, 5.41) is 0. The van der Waals surface area contributed by atoms with Crippen LogP contribution >= 0.6 is 10.0 Å². The number of hydrogen-bond acceptors (Lipinski definition) is 0. The number of benzene rings is 1. The molecule has 0 spiro atoms. The summed E-state index contributed by atoms with van der Waals surface area (Å²) in [6.07, 6.45) is 3.62. The Bertz CT molecular complexity index is 405. The molecule has 1 heteroatoms. The summed E-state index contributed by atoms with van der Waals surface area (Å²) in [5.41, 5.74) is 4.68. The highest BCUT2D eigenvalue weighted by Crippen LogP contribution is 2.50. The molecule has 0 N–H and O–H groups in total. The van der Waals surface area contributed by atoms with Crippen molar-refractivity contribution in [3.63, 3.8) is 0 Å². The van der Waals surface area contributed by atoms with E-state index in [1.807, 2.05) is 0 Å². The second-order valence-electron chi connectivity index (χ2n) is 4.83. The lowest BCUT2D eigenvalue weighted by atomic mass is 10.1. The average molecular weight is 248 g/mol. The van der Waals surface area contributed by atoms with Gasteiger partial charge in [-0.1, -0.05) is 51.1 Å². The van der Waals surface area contributed by atoms with Gasteiger partial charge in [0.15, 0.2) is 0 Å². The summed E-state index contributed by atoms with van der Waals surface area (Å²) < 4.78 is 0. The van der Waals surface area contributed by atoms with Crippen LogP contribution in [0.1, 0.15) is 31.9 Å². The molecule has 0 nitrogen and oxygen atoms in total. The van der Waals surface area contributed by atoms with Crippen molar-refractivity contribution in [2.45, 2.75) is 27.2 Å². The molecule has 17 heavy (non-hydrogen) atoms. The Morgan fingerprint density at radius 1 is 1.00 bits per heavy atom. The van der Waals surface area contributed by atoms with Crippen LogP contribution in [0.4, 0.5) is 0 Å². The van der Waals surface area contributed by atoms with E-state index in [0.717, 1.165) is 6.42 Å². The Balaban J connectivity index is 2.21. The van der Waals surface area contributed by atoms with Gasteiger partial charge in [-0.25, -0.2) is 10.0 Å². The highest BCUT2D eigenvalue weighted by molar-refractivity contribution is 8.33. The van der Waals surface area contributed by atoms with Gasteiger partial charge in [0, 0.05) is 5.75 Å². The van der Waals surface area contributed by atoms with Gasteiger partial charge in [-0.3, -0.25) is 0 Å². The molecule has 0 radical (unpaired) electrons. The molecular weight excluding hydrogens is 224 g/mol. The van der Waals surface area contributed by atoms with Crippen molar-refractivity contribution in [1.82, 2.24) is 0 Å². The monoisotopic (exact) mass is 248 g/mol. The van der Waals surface area contributed by atoms with Gasteiger partial charge in [0.25, 0.3) is 0 Å². The minimum absolute atomic E-state index is 0.405. The Labute approximate surface area is 107 Å². The number of rotatable bonds is 5. The Morgan fingerprint density at radius 3 is 2.29 bits per heavy atom. The molecule has 0 amide bonds. The smallest absolute Gasteiger partial charge is 0.00279 e. The number of fused-ring (bicyclic) bond motifs is 1. The second-order valence-corrected chi connectivity index (χ2v) is 9.30. The molecule has 1 aliphatic carbocycles. The van der Waals surface area contributed by atoms with Crippen molar-refractivity contribution in [2.24, 2.45) is 0 Å². The maximum Gasteiger partial charge on any atom is 0.00279 e. The van der Waals surface area contributed by atoms with E-state index in [9.17, 15) is 0 Å². The minimum Gasteiger partial charge on any atom is -0.238 e. The van der Waals surface area contributed by atoms with E-state index < -0.39 is 10.0 Å². The maximum atomic E-state index is 2.47. The van der Waals surface area contributed by atoms with Gasteiger partial charge in [-0.15, -0.1) is 0 Å². The van der Waals surface area contributed by atoms with Crippen LogP contribution in [0.5, 0.6) is 0 Å². The van der Waals surface area contributed by atoms with Crippen molar-refractivity contribution in [3.8, 4) is 0 Å². The predicted molar refractivity (Wildman–Crippen MR) is 82.2 cm³/mol. The van der Waals surface area contributed by atoms with Gasteiger partial charge < -0.3 is 0 Å². The fraction of sp³-hybridized carbons (Fsp3) is 0.500. The Hall–Kier alpha value is -0.690. The van der Waals surface area contributed by atoms with Crippen LogP contribution in [0.3, 0.4) is 0 Å². The summed E-state index contributed by atoms with van der Waals surface area (Å²) in [5.74, 6) is 5.46. The van der Waals surface area contributed by atoms with E-state index >= 15 is 0 Å². The summed E-state index contributed by atoms with van der Waals surface area (Å²) in [6.45, 7) is 7.14. The summed E-state index contributed by atoms with van der Waals surface area (Å²) in [6, 6.07) is 8.92. The van der Waals surface area contributed by atoms with Crippen LogP contribution in [0.2, 0.25) is 0 Å². The molecule has 0 aliphatic heterocycles. The average Bonchev–Trinajstić information content (AvgIpc) is 2.79. The van der Waals surface area contributed by atoms with Gasteiger partial charge in [0.2, 0.25) is 0 Å². The van der Waals surface area contributed by atoms with Crippen molar-refractivity contribution in [1.29, 1.82) is 0 Å². The topological polar surface area (TPSA) is 0 Å². The number of allylic oxidation sites excluding steroid dienone is 1. The molecule has 1 aromatic carbocycles. The van der Waals surface area contributed by atoms with E-state index in [4.69, 9.17) is 0 Å². The fourth-order valence-electron chi connectivity index (χ4n) is 2.74. The molecule has 1 aromatic rings. The lowest BCUT2D eigenvalue weighted by Gasteiger charge is -2.38. The van der Waals surface area contributed by atoms with Crippen LogP contribution in [0.15, 0.2) is 30.3 Å². The van der Waals surface area contributed by atoms with Crippen molar-refractivity contribution >= 4 is 15.6 Å². The van der Waals surface area contributed by atoms with E-state index in [1.165, 1.54) is 34.1 Å². The first-order chi connectivity index (χ1) is 8.24. The third-order valence-corrected chi connectivity index (χ3v) is 8.83. The van der Waals surface area contributed by atoms with E-state index in [2.05, 4.69) is 51.1 Å². The molecule has 0 saturated heterocycles. The van der Waals surface area contributed by atoms with E-state index in [-0.39, 0.29) is 0 Å². The third-order valence-electron chi connectivity index (χ3n) is 4.23. The van der Waals surface area contributed by atoms with Crippen molar-refractivity contribution in [3.05, 3.63) is 41.5 Å². The van der Waals surface area contributed by atoms with Crippen LogP contribution in [-0.2, 0) is 6.42 Å². The summed E-state index contributed by atoms with van der Waals surface area (Å²) in [7, 11) is -0.405. The molecular formula is C16H24S. The highest BCUT2D eigenvalue weighted by Gasteiger charge is 2.23. The minimum atomic E-state index is -0.405. The predicted octanol–water partition coefficient (Wildman–Crippen LogP) is 4.49. The molecule has 94 valence electrons. The first-order valence-corrected chi connectivity index (χ1v) is 9.07. The van der Waals surface area contributed by atoms with Gasteiger partial charge in [0.1, 0.15) is 0 Å². The highest BCUT2D eigenvalue weighted by atomic mass is 32.3. The van der Waals surface area contributed by atoms with Crippen molar-refractivity contribution in [2.75, 3.05) is 23.0 Å². The molecule has 1 aliphatic rings. The zero-order valence-electron chi connectivity index (χ0n) is 11.3. The molecule has 0 bridgehead atoms. The third kappa shape index (κ3) is 2.44. The molecule has 0 fully saturated rings. The standard InChI is InChI=1S/C16H24S/c1-4-17(5-2,6-3)13-15-12-11-14-9-7-8-10-16(14)15/h7-10,12H,4-6,11,13H2,1-3H3. The lowest BCUT2D eigenvalue weighted by Crippen LogP contribution is -2.14. The molecule has 0 unspecified atom stereocenters. The molecule has 0 aromatic heterocycles. The number of hydrogen-bond donors (Lipinski definition) is 0. The molecule has 0 heterocycles. The normalized spacial score (nSPS) is 15.6. The molecule has 0 atom stereocenters. The quantitative estimate of drug-likeness (QED) is 0.720. The lowest BCUT2D eigenvalue weighted by molar-refractivity contribution is 1.31. The van der Waals surface area contributed by atoms with Crippen LogP contribution in [0, 0.1) is 0 Å². The first kappa shape index (κ1) is 12.8. The van der Waals surface area contributed by atoms with Crippen LogP contribution in [0.25, 0.3) is 5.57 Å². The van der Waals surface area contributed by atoms with Crippen molar-refractivity contribution < 1.29 is 0 Å². The maximum absolute atomic E-state index is 2.47. The Kier molecular flexibility index (Phi) is 3.98. The molecule has 2 rings (SSSR count). The van der Waals surface area contributed by atoms with E-state index in [0.29, 0.717) is 0 Å². The Morgan fingerprint density at radius 2 is 1.65 bits per heavy atom. The first-order valence-electron chi connectivity index (χ1n) is 6.76. The van der Waals surface area contributed by atoms with Crippen LogP contribution < -0.4 is 0 Å². The van der Waals surface area contributed by atoms with E-state index in [1.54, 1.807) is 5.57 Å². The van der Waals surface area contributed by atoms with Crippen LogP contribution in [-0.4, -0.2) is 23.0 Å². The summed E-state index contributed by atoms with van der Waals surface area (Å²) in [4.78, 5) is 0. The van der Waals surface area contributed by atoms with Gasteiger partial charge in [0.05, 0.1) is 0 Å². The zero-order chi connectivity index (χ0) is 12.3. The molecule has 0 saturated carbocycles. The summed E-state index contributed by atoms with van der Waals surface area (Å²) >= 11 is 0. The van der Waals surface area contributed by atoms with Gasteiger partial charge in [-0.05, 0) is 40.4 Å². The fourth-order valence-corrected chi connectivity index (χ4v) is 5.51. The zero-order valence-corrected chi connectivity index (χ0v) is 12.1.